The van der Waals surface area contributed by atoms with Crippen LogP contribution in [0, 0.1) is 5.39 Å². The van der Waals surface area contributed by atoms with Crippen LogP contribution >= 0.6 is 7.82 Å². The molecule has 0 fully saturated rings. The molecule has 7 nitrogen and oxygen atoms in total. The average molecular weight is 251 g/mol. The highest BCUT2D eigenvalue weighted by Gasteiger charge is 2.12. The third-order valence-electron chi connectivity index (χ3n) is 1.28. The molecule has 0 aliphatic heterocycles. The summed E-state index contributed by atoms with van der Waals surface area (Å²) in [6.07, 6.45) is 0. The van der Waals surface area contributed by atoms with E-state index < -0.39 is 7.82 Å². The number of hydrogen-bond donors (Lipinski definition) is 2. The quantitative estimate of drug-likeness (QED) is 0.616. The molecule has 1 rings (SSSR count). The summed E-state index contributed by atoms with van der Waals surface area (Å²) >= 11 is 0. The van der Waals surface area contributed by atoms with Crippen molar-refractivity contribution in [3.05, 3.63) is 29.2 Å². The van der Waals surface area contributed by atoms with Gasteiger partial charge < -0.3 is 14.5 Å². The number of diazo groups is 1. The van der Waals surface area contributed by atoms with E-state index in [-0.39, 0.29) is 0 Å². The first-order chi connectivity index (χ1) is 7.42. The summed E-state index contributed by atoms with van der Waals surface area (Å²) < 4.78 is 26.3. The Morgan fingerprint density at radius 2 is 1.81 bits per heavy atom. The van der Waals surface area contributed by atoms with E-state index in [1.54, 1.807) is 31.4 Å². The Labute approximate surface area is 90.2 Å². The third kappa shape index (κ3) is 6.86. The molecule has 0 saturated heterocycles. The lowest BCUT2D eigenvalue weighted by Crippen LogP contribution is -1.79. The maximum absolute atomic E-state index is 10.2. The Bertz CT molecular complexity index is 398. The fraction of sp³-hybridized carbons (Fsp3) is 0.143. The number of ether oxygens (including phenoxy) is 1. The second-order valence-electron chi connectivity index (χ2n) is 2.36. The van der Waals surface area contributed by atoms with Gasteiger partial charge in [0.15, 0.2) is 4.98 Å². The minimum absolute atomic E-state index is 0.529. The zero-order valence-electron chi connectivity index (χ0n) is 8.15. The topological polar surface area (TPSA) is 104 Å². The van der Waals surface area contributed by atoms with Gasteiger partial charge in [-0.1, -0.05) is 4.73 Å². The third-order valence-corrected chi connectivity index (χ3v) is 1.46. The molecule has 0 spiro atoms. The van der Waals surface area contributed by atoms with E-state index >= 15 is 0 Å². The standard InChI is InChI=1S/C7H7N2O.FH2O4P/c1-10-7-4-2-6(9-8)3-5-7;1-5-6(2,3)4/h2-5H,1H3;(H2,2,3,4)/q+1;. The van der Waals surface area contributed by atoms with Crippen LogP contribution in [0.2, 0.25) is 0 Å². The Morgan fingerprint density at radius 1 is 1.38 bits per heavy atom. The van der Waals surface area contributed by atoms with E-state index in [9.17, 15) is 4.53 Å². The van der Waals surface area contributed by atoms with Crippen molar-refractivity contribution in [1.82, 2.24) is 0 Å². The molecule has 88 valence electrons. The highest BCUT2D eigenvalue weighted by Crippen LogP contribution is 2.35. The molecule has 0 atom stereocenters. The van der Waals surface area contributed by atoms with Crippen LogP contribution in [0.1, 0.15) is 0 Å². The van der Waals surface area contributed by atoms with Crippen molar-refractivity contribution in [3.8, 4) is 5.75 Å². The molecule has 0 aliphatic carbocycles. The van der Waals surface area contributed by atoms with Gasteiger partial charge in [-0.3, -0.25) is 0 Å². The van der Waals surface area contributed by atoms with Crippen molar-refractivity contribution in [1.29, 1.82) is 5.39 Å². The maximum Gasteiger partial charge on any atom is 0.500 e. The van der Waals surface area contributed by atoms with Gasteiger partial charge in [-0.2, -0.15) is 0 Å². The minimum Gasteiger partial charge on any atom is -0.497 e. The number of methoxy groups -OCH3 is 1. The lowest BCUT2D eigenvalue weighted by molar-refractivity contribution is -0.0389. The molecular formula is C7H9FN2O5P+. The number of hydrogen-bond acceptors (Lipinski definition) is 4. The summed E-state index contributed by atoms with van der Waals surface area (Å²) in [6.45, 7) is 0. The van der Waals surface area contributed by atoms with Gasteiger partial charge in [-0.25, -0.2) is 4.57 Å². The number of nitrogens with zero attached hydrogens (tertiary/aromatic N) is 2. The number of phosphoric acid groups is 1. The molecule has 0 saturated carbocycles. The fourth-order valence-corrected chi connectivity index (χ4v) is 0.649. The average Bonchev–Trinajstić information content (AvgIpc) is 2.29. The zero-order valence-corrected chi connectivity index (χ0v) is 9.04. The van der Waals surface area contributed by atoms with Crippen LogP contribution in [0.15, 0.2) is 24.3 Å². The van der Waals surface area contributed by atoms with Crippen molar-refractivity contribution in [2.45, 2.75) is 0 Å². The van der Waals surface area contributed by atoms with E-state index in [0.717, 1.165) is 5.75 Å². The van der Waals surface area contributed by atoms with E-state index in [4.69, 9.17) is 24.5 Å². The fourth-order valence-electron chi connectivity index (χ4n) is 0.649. The van der Waals surface area contributed by atoms with Gasteiger partial charge in [0.05, 0.1) is 7.11 Å². The summed E-state index contributed by atoms with van der Waals surface area (Å²) in [7, 11) is -3.22. The van der Waals surface area contributed by atoms with Gasteiger partial charge in [0.25, 0.3) is 0 Å². The first-order valence-corrected chi connectivity index (χ1v) is 5.31. The highest BCUT2D eigenvalue weighted by molar-refractivity contribution is 7.46. The van der Waals surface area contributed by atoms with Crippen LogP contribution in [-0.2, 0) is 9.29 Å². The molecule has 9 heteroatoms. The van der Waals surface area contributed by atoms with E-state index in [1.807, 2.05) is 0 Å². The largest absolute Gasteiger partial charge is 0.500 e. The number of halogens is 1. The van der Waals surface area contributed by atoms with Crippen molar-refractivity contribution in [2.24, 2.45) is 0 Å². The normalized spacial score (nSPS) is 9.69. The Morgan fingerprint density at radius 3 is 2.06 bits per heavy atom. The predicted molar refractivity (Wildman–Crippen MR) is 52.0 cm³/mol. The predicted octanol–water partition coefficient (Wildman–Crippen LogP) is 2.16. The summed E-state index contributed by atoms with van der Waals surface area (Å²) in [5.41, 5.74) is 0.529. The molecule has 0 unspecified atom stereocenters. The molecule has 16 heavy (non-hydrogen) atoms. The first-order valence-electron chi connectivity index (χ1n) is 3.78. The van der Waals surface area contributed by atoms with Gasteiger partial charge >= 0.3 is 13.5 Å². The molecule has 2 N–H and O–H groups in total. The van der Waals surface area contributed by atoms with E-state index in [2.05, 4.69) is 9.70 Å². The molecule has 0 aromatic heterocycles. The summed E-state index contributed by atoms with van der Waals surface area (Å²) in [6, 6.07) is 6.79. The molecule has 0 aliphatic rings. The SMILES string of the molecule is COc1ccc([N+]#N)cc1.O=P(O)(O)OF. The highest BCUT2D eigenvalue weighted by atomic mass is 31.2. The first kappa shape index (κ1) is 14.5. The molecule has 0 amide bonds. The summed E-state index contributed by atoms with van der Waals surface area (Å²) in [5.74, 6) is 0.757. The summed E-state index contributed by atoms with van der Waals surface area (Å²) in [4.78, 5) is 17.7. The van der Waals surface area contributed by atoms with Crippen molar-refractivity contribution in [3.63, 3.8) is 0 Å². The molecule has 1 aromatic rings. The van der Waals surface area contributed by atoms with Gasteiger partial charge in [0.1, 0.15) is 5.75 Å². The van der Waals surface area contributed by atoms with E-state index in [0.29, 0.717) is 5.69 Å². The monoisotopic (exact) mass is 251 g/mol. The van der Waals surface area contributed by atoms with Crippen LogP contribution in [0.25, 0.3) is 4.98 Å². The Hall–Kier alpha value is -1.52. The van der Waals surface area contributed by atoms with Gasteiger partial charge in [0.2, 0.25) is 5.39 Å². The smallest absolute Gasteiger partial charge is 0.497 e. The minimum atomic E-state index is -4.81. The van der Waals surface area contributed by atoms with Gasteiger partial charge in [-0.05, 0) is 16.7 Å². The van der Waals surface area contributed by atoms with Crippen molar-refractivity contribution < 1.29 is 28.3 Å². The number of benzene rings is 1. The van der Waals surface area contributed by atoms with Crippen molar-refractivity contribution in [2.75, 3.05) is 7.11 Å². The molecule has 0 radical (unpaired) electrons. The molecular weight excluding hydrogens is 242 g/mol. The molecule has 0 bridgehead atoms. The van der Waals surface area contributed by atoms with Crippen LogP contribution in [0.3, 0.4) is 0 Å². The Kier molecular flexibility index (Phi) is 6.22. The lowest BCUT2D eigenvalue weighted by Gasteiger charge is -1.93. The van der Waals surface area contributed by atoms with Crippen LogP contribution < -0.4 is 4.74 Å². The maximum atomic E-state index is 10.2. The summed E-state index contributed by atoms with van der Waals surface area (Å²) in [5, 5.41) is 8.29. The zero-order chi connectivity index (χ0) is 12.6. The van der Waals surface area contributed by atoms with Crippen LogP contribution in [-0.4, -0.2) is 16.9 Å². The second kappa shape index (κ2) is 6.87. The van der Waals surface area contributed by atoms with Crippen molar-refractivity contribution >= 4 is 13.5 Å². The van der Waals surface area contributed by atoms with Crippen LogP contribution in [0.5, 0.6) is 5.75 Å². The molecule has 0 heterocycles. The van der Waals surface area contributed by atoms with Gasteiger partial charge in [-0.15, -0.1) is 0 Å². The second-order valence-corrected chi connectivity index (χ2v) is 3.48. The van der Waals surface area contributed by atoms with Crippen LogP contribution in [0.4, 0.5) is 10.2 Å². The van der Waals surface area contributed by atoms with Gasteiger partial charge in [0, 0.05) is 12.1 Å². The van der Waals surface area contributed by atoms with E-state index in [1.165, 1.54) is 0 Å². The molecule has 1 aromatic carbocycles. The number of rotatable bonds is 2. The lowest BCUT2D eigenvalue weighted by atomic mass is 10.3. The Balaban J connectivity index is 0.000000325.